The lowest BCUT2D eigenvalue weighted by molar-refractivity contribution is -0.139. The third-order valence-corrected chi connectivity index (χ3v) is 3.43. The van der Waals surface area contributed by atoms with Gasteiger partial charge in [-0.3, -0.25) is 4.79 Å². The second kappa shape index (κ2) is 5.72. The number of carbonyl (C=O) groups is 1. The van der Waals surface area contributed by atoms with Crippen LogP contribution in [-0.2, 0) is 21.4 Å². The Morgan fingerprint density at radius 1 is 1.24 bits per heavy atom. The van der Waals surface area contributed by atoms with Crippen LogP contribution < -0.4 is 0 Å². The molecule has 0 aliphatic heterocycles. The molecule has 0 atom stereocenters. The Labute approximate surface area is 125 Å². The van der Waals surface area contributed by atoms with Gasteiger partial charge in [0.05, 0.1) is 19.2 Å². The summed E-state index contributed by atoms with van der Waals surface area (Å²) in [6.45, 7) is 8.32. The van der Waals surface area contributed by atoms with Crippen LogP contribution in [0.15, 0.2) is 28.7 Å². The summed E-state index contributed by atoms with van der Waals surface area (Å²) >= 11 is 0. The lowest BCUT2D eigenvalue weighted by atomic mass is 9.87. The first kappa shape index (κ1) is 15.3. The van der Waals surface area contributed by atoms with Crippen LogP contribution in [-0.4, -0.2) is 18.1 Å². The fourth-order valence-corrected chi connectivity index (χ4v) is 2.04. The highest BCUT2D eigenvalue weighted by Gasteiger charge is 2.17. The number of esters is 1. The monoisotopic (exact) mass is 287 g/mol. The molecular weight excluding hydrogens is 266 g/mol. The summed E-state index contributed by atoms with van der Waals surface area (Å²) < 4.78 is 10.3. The van der Waals surface area contributed by atoms with Crippen LogP contribution in [0.3, 0.4) is 0 Å². The third-order valence-electron chi connectivity index (χ3n) is 3.43. The Morgan fingerprint density at radius 2 is 1.86 bits per heavy atom. The van der Waals surface area contributed by atoms with E-state index < -0.39 is 0 Å². The molecule has 4 heteroatoms. The van der Waals surface area contributed by atoms with Crippen LogP contribution in [0.1, 0.15) is 37.8 Å². The molecule has 0 N–H and O–H groups in total. The maximum atomic E-state index is 11.3. The molecule has 0 unspecified atom stereocenters. The molecule has 1 aromatic heterocycles. The second-order valence-electron chi connectivity index (χ2n) is 6.10. The number of methoxy groups -OCH3 is 1. The molecule has 0 aliphatic rings. The number of benzene rings is 1. The third kappa shape index (κ3) is 3.51. The summed E-state index contributed by atoms with van der Waals surface area (Å²) in [5.74, 6) is 0.864. The molecule has 2 rings (SSSR count). The zero-order valence-corrected chi connectivity index (χ0v) is 13.2. The van der Waals surface area contributed by atoms with Gasteiger partial charge in [0.2, 0.25) is 5.89 Å². The van der Waals surface area contributed by atoms with E-state index in [1.54, 1.807) is 6.92 Å². The van der Waals surface area contributed by atoms with Gasteiger partial charge < -0.3 is 9.15 Å². The molecule has 0 radical (unpaired) electrons. The van der Waals surface area contributed by atoms with Crippen LogP contribution in [0.4, 0.5) is 0 Å². The SMILES string of the molecule is COC(=O)Cc1nc(-c2ccc(C(C)(C)C)cc2)oc1C. The van der Waals surface area contributed by atoms with Gasteiger partial charge in [-0.1, -0.05) is 32.9 Å². The molecule has 0 saturated carbocycles. The summed E-state index contributed by atoms with van der Waals surface area (Å²) in [4.78, 5) is 15.7. The molecule has 4 nitrogen and oxygen atoms in total. The average molecular weight is 287 g/mol. The van der Waals surface area contributed by atoms with Crippen molar-refractivity contribution >= 4 is 5.97 Å². The van der Waals surface area contributed by atoms with Gasteiger partial charge in [-0.05, 0) is 30.0 Å². The molecule has 0 saturated heterocycles. The Balaban J connectivity index is 2.26. The molecule has 0 spiro atoms. The number of rotatable bonds is 3. The fourth-order valence-electron chi connectivity index (χ4n) is 2.04. The van der Waals surface area contributed by atoms with Crippen molar-refractivity contribution in [3.8, 4) is 11.5 Å². The van der Waals surface area contributed by atoms with Gasteiger partial charge in [0, 0.05) is 5.56 Å². The number of oxazole rings is 1. The molecule has 0 amide bonds. The molecular formula is C17H21NO3. The second-order valence-corrected chi connectivity index (χ2v) is 6.10. The Kier molecular flexibility index (Phi) is 4.16. The quantitative estimate of drug-likeness (QED) is 0.808. The normalized spacial score (nSPS) is 11.5. The van der Waals surface area contributed by atoms with Gasteiger partial charge in [-0.15, -0.1) is 0 Å². The van der Waals surface area contributed by atoms with Gasteiger partial charge >= 0.3 is 5.97 Å². The van der Waals surface area contributed by atoms with Crippen molar-refractivity contribution in [2.45, 2.75) is 39.5 Å². The minimum Gasteiger partial charge on any atom is -0.469 e. The lowest BCUT2D eigenvalue weighted by Gasteiger charge is -2.18. The van der Waals surface area contributed by atoms with Gasteiger partial charge in [0.15, 0.2) is 0 Å². The first-order chi connectivity index (χ1) is 9.81. The standard InChI is InChI=1S/C17H21NO3/c1-11-14(10-15(19)20-5)18-16(21-11)12-6-8-13(9-7-12)17(2,3)4/h6-9H,10H2,1-5H3. The largest absolute Gasteiger partial charge is 0.469 e. The minimum atomic E-state index is -0.318. The van der Waals surface area contributed by atoms with Crippen molar-refractivity contribution in [3.05, 3.63) is 41.3 Å². The van der Waals surface area contributed by atoms with Gasteiger partial charge in [0.1, 0.15) is 5.76 Å². The predicted molar refractivity (Wildman–Crippen MR) is 81.1 cm³/mol. The van der Waals surface area contributed by atoms with E-state index in [4.69, 9.17) is 4.42 Å². The van der Waals surface area contributed by atoms with Crippen LogP contribution in [0.25, 0.3) is 11.5 Å². The van der Waals surface area contributed by atoms with Gasteiger partial charge in [-0.25, -0.2) is 4.98 Å². The van der Waals surface area contributed by atoms with Crippen LogP contribution in [0, 0.1) is 6.92 Å². The molecule has 0 fully saturated rings. The zero-order chi connectivity index (χ0) is 15.6. The summed E-state index contributed by atoms with van der Waals surface area (Å²) in [5.41, 5.74) is 2.89. The predicted octanol–water partition coefficient (Wildman–Crippen LogP) is 3.66. The molecule has 112 valence electrons. The fraction of sp³-hybridized carbons (Fsp3) is 0.412. The topological polar surface area (TPSA) is 52.3 Å². The highest BCUT2D eigenvalue weighted by molar-refractivity contribution is 5.72. The Bertz CT molecular complexity index is 633. The van der Waals surface area contributed by atoms with Crippen molar-refractivity contribution in [2.24, 2.45) is 0 Å². The Hall–Kier alpha value is -2.10. The maximum absolute atomic E-state index is 11.3. The number of aryl methyl sites for hydroxylation is 1. The maximum Gasteiger partial charge on any atom is 0.311 e. The number of hydrogen-bond acceptors (Lipinski definition) is 4. The Morgan fingerprint density at radius 3 is 2.38 bits per heavy atom. The molecule has 2 aromatic rings. The van der Waals surface area contributed by atoms with E-state index in [1.807, 2.05) is 12.1 Å². The van der Waals surface area contributed by atoms with Crippen molar-refractivity contribution in [1.29, 1.82) is 0 Å². The number of carbonyl (C=O) groups excluding carboxylic acids is 1. The van der Waals surface area contributed by atoms with Crippen LogP contribution >= 0.6 is 0 Å². The number of hydrogen-bond donors (Lipinski definition) is 0. The highest BCUT2D eigenvalue weighted by Crippen LogP contribution is 2.27. The summed E-state index contributed by atoms with van der Waals surface area (Å²) in [5, 5.41) is 0. The highest BCUT2D eigenvalue weighted by atomic mass is 16.5. The van der Waals surface area contributed by atoms with E-state index in [2.05, 4.69) is 42.6 Å². The molecule has 0 aliphatic carbocycles. The minimum absolute atomic E-state index is 0.112. The first-order valence-corrected chi connectivity index (χ1v) is 6.95. The van der Waals surface area contributed by atoms with Crippen molar-refractivity contribution in [2.75, 3.05) is 7.11 Å². The number of nitrogens with zero attached hydrogens (tertiary/aromatic N) is 1. The first-order valence-electron chi connectivity index (χ1n) is 6.95. The van der Waals surface area contributed by atoms with Crippen LogP contribution in [0.5, 0.6) is 0 Å². The van der Waals surface area contributed by atoms with E-state index in [9.17, 15) is 4.79 Å². The van der Waals surface area contributed by atoms with E-state index in [-0.39, 0.29) is 17.8 Å². The average Bonchev–Trinajstić information content (AvgIpc) is 2.79. The summed E-state index contributed by atoms with van der Waals surface area (Å²) in [7, 11) is 1.36. The van der Waals surface area contributed by atoms with E-state index >= 15 is 0 Å². The van der Waals surface area contributed by atoms with Crippen molar-refractivity contribution in [1.82, 2.24) is 4.98 Å². The van der Waals surface area contributed by atoms with E-state index in [0.717, 1.165) is 5.56 Å². The zero-order valence-electron chi connectivity index (χ0n) is 13.2. The summed E-state index contributed by atoms with van der Waals surface area (Å²) in [6.07, 6.45) is 0.131. The van der Waals surface area contributed by atoms with Gasteiger partial charge in [0.25, 0.3) is 0 Å². The van der Waals surface area contributed by atoms with Crippen LogP contribution in [0.2, 0.25) is 0 Å². The van der Waals surface area contributed by atoms with Crippen molar-refractivity contribution in [3.63, 3.8) is 0 Å². The van der Waals surface area contributed by atoms with E-state index in [0.29, 0.717) is 17.3 Å². The van der Waals surface area contributed by atoms with Crippen molar-refractivity contribution < 1.29 is 13.9 Å². The molecule has 0 bridgehead atoms. The van der Waals surface area contributed by atoms with Gasteiger partial charge in [-0.2, -0.15) is 0 Å². The smallest absolute Gasteiger partial charge is 0.311 e. The molecule has 1 aromatic carbocycles. The number of aromatic nitrogens is 1. The summed E-state index contributed by atoms with van der Waals surface area (Å²) in [6, 6.07) is 8.14. The van der Waals surface area contributed by atoms with E-state index in [1.165, 1.54) is 12.7 Å². The number of ether oxygens (including phenoxy) is 1. The lowest BCUT2D eigenvalue weighted by Crippen LogP contribution is -2.10. The molecule has 1 heterocycles. The molecule has 21 heavy (non-hydrogen) atoms.